The van der Waals surface area contributed by atoms with Gasteiger partial charge in [0.1, 0.15) is 28.2 Å². The fourth-order valence-electron chi connectivity index (χ4n) is 4.86. The molecule has 34 heavy (non-hydrogen) atoms. The van der Waals surface area contributed by atoms with E-state index in [-0.39, 0.29) is 30.0 Å². The average molecular weight is 487 g/mol. The number of aliphatic hydroxyl groups excluding tert-OH is 1. The van der Waals surface area contributed by atoms with E-state index in [4.69, 9.17) is 25.5 Å². The summed E-state index contributed by atoms with van der Waals surface area (Å²) < 4.78 is 17.7. The average Bonchev–Trinajstić information content (AvgIpc) is 3.17. The van der Waals surface area contributed by atoms with E-state index < -0.39 is 0 Å². The Bertz CT molecular complexity index is 1260. The number of methoxy groups -OCH3 is 2. The molecule has 2 aromatic carbocycles. The zero-order valence-corrected chi connectivity index (χ0v) is 20.9. The van der Waals surface area contributed by atoms with E-state index in [0.29, 0.717) is 38.8 Å². The summed E-state index contributed by atoms with van der Waals surface area (Å²) in [5.41, 5.74) is 2.43. The van der Waals surface area contributed by atoms with E-state index >= 15 is 0 Å². The van der Waals surface area contributed by atoms with Gasteiger partial charge >= 0.3 is 0 Å². The Kier molecular flexibility index (Phi) is 7.07. The lowest BCUT2D eigenvalue weighted by Crippen LogP contribution is -2.32. The molecule has 182 valence electrons. The molecule has 0 unspecified atom stereocenters. The van der Waals surface area contributed by atoms with Crippen molar-refractivity contribution in [3.05, 3.63) is 51.1 Å². The van der Waals surface area contributed by atoms with Crippen LogP contribution in [0.4, 0.5) is 5.69 Å². The second kappa shape index (κ2) is 9.86. The zero-order chi connectivity index (χ0) is 24.6. The molecule has 0 spiro atoms. The number of anilines is 1. The van der Waals surface area contributed by atoms with Gasteiger partial charge in [-0.2, -0.15) is 0 Å². The summed E-state index contributed by atoms with van der Waals surface area (Å²) in [6.45, 7) is 4.89. The van der Waals surface area contributed by atoms with E-state index in [0.717, 1.165) is 24.2 Å². The maximum Gasteiger partial charge on any atom is 0.197 e. The summed E-state index contributed by atoms with van der Waals surface area (Å²) in [5, 5.41) is 14.2. The molecule has 0 amide bonds. The van der Waals surface area contributed by atoms with Gasteiger partial charge in [-0.15, -0.1) is 0 Å². The first-order valence-electron chi connectivity index (χ1n) is 11.4. The number of likely N-dealkylation sites (N-methyl/N-ethyl adjacent to an activating group) is 1. The van der Waals surface area contributed by atoms with E-state index in [1.165, 1.54) is 13.2 Å². The van der Waals surface area contributed by atoms with Gasteiger partial charge in [-0.05, 0) is 52.1 Å². The van der Waals surface area contributed by atoms with Gasteiger partial charge < -0.3 is 29.2 Å². The molecule has 2 N–H and O–H groups in total. The molecule has 2 heterocycles. The van der Waals surface area contributed by atoms with E-state index in [2.05, 4.69) is 10.2 Å². The predicted octanol–water partition coefficient (Wildman–Crippen LogP) is 4.73. The number of rotatable bonds is 7. The van der Waals surface area contributed by atoms with Crippen molar-refractivity contribution in [3.8, 4) is 22.8 Å². The summed E-state index contributed by atoms with van der Waals surface area (Å²) >= 11 is 6.61. The molecule has 1 aliphatic rings. The van der Waals surface area contributed by atoms with Crippen LogP contribution in [0.1, 0.15) is 31.7 Å². The summed E-state index contributed by atoms with van der Waals surface area (Å²) in [7, 11) is 5.07. The van der Waals surface area contributed by atoms with Crippen molar-refractivity contribution < 1.29 is 19.0 Å². The van der Waals surface area contributed by atoms with Gasteiger partial charge in [0, 0.05) is 46.9 Å². The Balaban J connectivity index is 1.97. The van der Waals surface area contributed by atoms with Crippen LogP contribution in [0.3, 0.4) is 0 Å². The number of fused-ring (bicyclic) bond motifs is 1. The summed E-state index contributed by atoms with van der Waals surface area (Å²) in [4.78, 5) is 15.5. The molecular weight excluding hydrogens is 456 g/mol. The highest BCUT2D eigenvalue weighted by atomic mass is 35.5. The van der Waals surface area contributed by atoms with Crippen LogP contribution in [0.25, 0.3) is 22.3 Å². The minimum atomic E-state index is -0.232. The number of hydrogen-bond donors (Lipinski definition) is 2. The van der Waals surface area contributed by atoms with Crippen LogP contribution in [0.15, 0.2) is 39.5 Å². The molecule has 0 bridgehead atoms. The molecule has 8 heteroatoms. The Labute approximate surface area is 204 Å². The number of benzene rings is 2. The number of aliphatic hydroxyl groups is 1. The Morgan fingerprint density at radius 1 is 1.21 bits per heavy atom. The van der Waals surface area contributed by atoms with Crippen molar-refractivity contribution in [2.24, 2.45) is 0 Å². The number of likely N-dealkylation sites (tertiary alicyclic amines) is 1. The molecule has 0 aliphatic carbocycles. The van der Waals surface area contributed by atoms with E-state index in [1.54, 1.807) is 13.2 Å². The minimum Gasteiger partial charge on any atom is -0.496 e. The first kappa shape index (κ1) is 24.4. The maximum absolute atomic E-state index is 13.4. The summed E-state index contributed by atoms with van der Waals surface area (Å²) in [5.74, 6) is 1.23. The number of ether oxygens (including phenoxy) is 2. The standard InChI is InChI=1S/C26H31ClN2O5/c1-14(2)28-15-6-7-16(18(27)10-15)21-11-20(31)25-23(33-5)12-22(32-4)24(26(25)34-21)17-8-9-29(3)19(17)13-30/h6-7,10-12,14,17,19,28,30H,8-9,13H2,1-5H3/t17-,19+/m1/s1. The zero-order valence-electron chi connectivity index (χ0n) is 20.1. The van der Waals surface area contributed by atoms with Crippen molar-refractivity contribution in [3.63, 3.8) is 0 Å². The SMILES string of the molecule is COc1cc(OC)c2c(=O)cc(-c3ccc(NC(C)C)cc3Cl)oc2c1[C@@H]1CCN(C)[C@H]1CO. The van der Waals surface area contributed by atoms with Gasteiger partial charge in [0.15, 0.2) is 5.43 Å². The van der Waals surface area contributed by atoms with Crippen molar-refractivity contribution >= 4 is 28.3 Å². The molecule has 0 radical (unpaired) electrons. The van der Waals surface area contributed by atoms with Crippen molar-refractivity contribution in [2.45, 2.75) is 38.3 Å². The third kappa shape index (κ3) is 4.35. The lowest BCUT2D eigenvalue weighted by Gasteiger charge is -2.25. The van der Waals surface area contributed by atoms with Crippen LogP contribution in [0.5, 0.6) is 11.5 Å². The molecule has 1 fully saturated rings. The van der Waals surface area contributed by atoms with Crippen molar-refractivity contribution in [1.82, 2.24) is 4.90 Å². The smallest absolute Gasteiger partial charge is 0.197 e. The van der Waals surface area contributed by atoms with Crippen LogP contribution < -0.4 is 20.2 Å². The van der Waals surface area contributed by atoms with Crippen LogP contribution in [0, 0.1) is 0 Å². The maximum atomic E-state index is 13.4. The fraction of sp³-hybridized carbons (Fsp3) is 0.423. The highest BCUT2D eigenvalue weighted by molar-refractivity contribution is 6.33. The lowest BCUT2D eigenvalue weighted by molar-refractivity contribution is 0.171. The number of halogens is 1. The quantitative estimate of drug-likeness (QED) is 0.499. The fourth-order valence-corrected chi connectivity index (χ4v) is 5.13. The van der Waals surface area contributed by atoms with Gasteiger partial charge in [0.25, 0.3) is 0 Å². The Hall–Kier alpha value is -2.74. The topological polar surface area (TPSA) is 84.2 Å². The predicted molar refractivity (Wildman–Crippen MR) is 136 cm³/mol. The number of hydrogen-bond acceptors (Lipinski definition) is 7. The van der Waals surface area contributed by atoms with Crippen LogP contribution >= 0.6 is 11.6 Å². The molecule has 2 atom stereocenters. The van der Waals surface area contributed by atoms with Crippen molar-refractivity contribution in [1.29, 1.82) is 0 Å². The normalized spacial score (nSPS) is 18.6. The van der Waals surface area contributed by atoms with Gasteiger partial charge in [0.05, 0.1) is 25.8 Å². The minimum absolute atomic E-state index is 0.0160. The molecule has 7 nitrogen and oxygen atoms in total. The first-order valence-corrected chi connectivity index (χ1v) is 11.8. The molecule has 3 aromatic rings. The molecular formula is C26H31ClN2O5. The highest BCUT2D eigenvalue weighted by Crippen LogP contribution is 2.45. The number of nitrogens with zero attached hydrogens (tertiary/aromatic N) is 1. The largest absolute Gasteiger partial charge is 0.496 e. The number of nitrogens with one attached hydrogen (secondary N) is 1. The van der Waals surface area contributed by atoms with Crippen LogP contribution in [-0.4, -0.2) is 56.5 Å². The third-order valence-electron chi connectivity index (χ3n) is 6.48. The summed E-state index contributed by atoms with van der Waals surface area (Å²) in [6.07, 6.45) is 0.795. The van der Waals surface area contributed by atoms with Gasteiger partial charge in [-0.1, -0.05) is 11.6 Å². The molecule has 4 rings (SSSR count). The summed E-state index contributed by atoms with van der Waals surface area (Å²) in [6, 6.07) is 8.88. The van der Waals surface area contributed by atoms with Crippen molar-refractivity contribution in [2.75, 3.05) is 39.7 Å². The van der Waals surface area contributed by atoms with E-state index in [1.807, 2.05) is 39.1 Å². The Morgan fingerprint density at radius 2 is 1.94 bits per heavy atom. The van der Waals surface area contributed by atoms with Gasteiger partial charge in [-0.3, -0.25) is 4.79 Å². The molecule has 1 saturated heterocycles. The molecule has 1 aromatic heterocycles. The monoisotopic (exact) mass is 486 g/mol. The molecule has 1 aliphatic heterocycles. The van der Waals surface area contributed by atoms with Gasteiger partial charge in [-0.25, -0.2) is 0 Å². The van der Waals surface area contributed by atoms with E-state index in [9.17, 15) is 9.90 Å². The highest BCUT2D eigenvalue weighted by Gasteiger charge is 2.37. The molecule has 0 saturated carbocycles. The lowest BCUT2D eigenvalue weighted by atomic mass is 9.89. The Morgan fingerprint density at radius 3 is 2.56 bits per heavy atom. The van der Waals surface area contributed by atoms with Gasteiger partial charge in [0.2, 0.25) is 0 Å². The van der Waals surface area contributed by atoms with Crippen LogP contribution in [-0.2, 0) is 0 Å². The second-order valence-corrected chi connectivity index (χ2v) is 9.40. The second-order valence-electron chi connectivity index (χ2n) is 8.99. The third-order valence-corrected chi connectivity index (χ3v) is 6.79. The van der Waals surface area contributed by atoms with Crippen LogP contribution in [0.2, 0.25) is 5.02 Å². The first-order chi connectivity index (χ1) is 16.3.